The molecule has 0 amide bonds. The third-order valence-electron chi connectivity index (χ3n) is 4.01. The number of hydrogen-bond donors (Lipinski definition) is 0. The van der Waals surface area contributed by atoms with Gasteiger partial charge in [-0.3, -0.25) is 4.90 Å². The Morgan fingerprint density at radius 3 is 2.74 bits per heavy atom. The molecular weight excluding hydrogens is 232 g/mol. The zero-order valence-electron chi connectivity index (χ0n) is 12.2. The molecular formula is C17H24N2. The Hall–Kier alpha value is -1.33. The summed E-state index contributed by atoms with van der Waals surface area (Å²) in [6.45, 7) is 7.43. The van der Waals surface area contributed by atoms with E-state index in [9.17, 15) is 0 Å². The third kappa shape index (κ3) is 4.08. The normalized spacial score (nSPS) is 16.5. The lowest BCUT2D eigenvalue weighted by molar-refractivity contribution is 0.252. The van der Waals surface area contributed by atoms with E-state index in [2.05, 4.69) is 35.2 Å². The molecule has 0 aromatic heterocycles. The molecule has 0 unspecified atom stereocenters. The van der Waals surface area contributed by atoms with Crippen LogP contribution in [-0.2, 0) is 13.0 Å². The van der Waals surface area contributed by atoms with Crippen molar-refractivity contribution in [2.75, 3.05) is 13.1 Å². The van der Waals surface area contributed by atoms with Gasteiger partial charge in [-0.15, -0.1) is 0 Å². The Labute approximate surface area is 117 Å². The van der Waals surface area contributed by atoms with Gasteiger partial charge in [0.15, 0.2) is 0 Å². The Kier molecular flexibility index (Phi) is 4.61. The first-order valence-corrected chi connectivity index (χ1v) is 7.31. The summed E-state index contributed by atoms with van der Waals surface area (Å²) in [5.74, 6) is 0. The van der Waals surface area contributed by atoms with Crippen molar-refractivity contribution in [2.24, 2.45) is 5.41 Å². The summed E-state index contributed by atoms with van der Waals surface area (Å²) in [7, 11) is 0. The van der Waals surface area contributed by atoms with Crippen molar-refractivity contribution >= 4 is 0 Å². The van der Waals surface area contributed by atoms with Crippen LogP contribution in [0.25, 0.3) is 0 Å². The minimum Gasteiger partial charge on any atom is -0.299 e. The van der Waals surface area contributed by atoms with Gasteiger partial charge < -0.3 is 0 Å². The largest absolute Gasteiger partial charge is 0.299 e. The molecule has 0 saturated carbocycles. The SMILES string of the molecule is CC(C)(C#N)CCCN1CCCc2ccccc2C1. The van der Waals surface area contributed by atoms with Gasteiger partial charge in [0, 0.05) is 6.54 Å². The lowest BCUT2D eigenvalue weighted by Gasteiger charge is -2.22. The Bertz CT molecular complexity index is 457. The molecule has 1 heterocycles. The highest BCUT2D eigenvalue weighted by Crippen LogP contribution is 2.22. The van der Waals surface area contributed by atoms with Crippen LogP contribution in [0.15, 0.2) is 24.3 Å². The van der Waals surface area contributed by atoms with E-state index in [4.69, 9.17) is 5.26 Å². The van der Waals surface area contributed by atoms with Gasteiger partial charge in [-0.2, -0.15) is 5.26 Å². The molecule has 102 valence electrons. The van der Waals surface area contributed by atoms with E-state index in [1.165, 1.54) is 30.5 Å². The number of fused-ring (bicyclic) bond motifs is 1. The molecule has 19 heavy (non-hydrogen) atoms. The number of nitrogens with zero attached hydrogens (tertiary/aromatic N) is 2. The van der Waals surface area contributed by atoms with Crippen LogP contribution in [-0.4, -0.2) is 18.0 Å². The number of rotatable bonds is 4. The molecule has 0 atom stereocenters. The minimum atomic E-state index is -0.177. The smallest absolute Gasteiger partial charge is 0.0683 e. The van der Waals surface area contributed by atoms with E-state index in [1.54, 1.807) is 0 Å². The van der Waals surface area contributed by atoms with Gasteiger partial charge in [-0.25, -0.2) is 0 Å². The fraction of sp³-hybridized carbons (Fsp3) is 0.588. The Balaban J connectivity index is 1.88. The molecule has 0 radical (unpaired) electrons. The van der Waals surface area contributed by atoms with E-state index in [0.29, 0.717) is 0 Å². The van der Waals surface area contributed by atoms with Crippen LogP contribution in [0.4, 0.5) is 0 Å². The second-order valence-electron chi connectivity index (χ2n) is 6.25. The zero-order valence-corrected chi connectivity index (χ0v) is 12.2. The summed E-state index contributed by atoms with van der Waals surface area (Å²) in [6.07, 6.45) is 4.55. The zero-order chi connectivity index (χ0) is 13.7. The molecule has 1 aliphatic rings. The van der Waals surface area contributed by atoms with E-state index < -0.39 is 0 Å². The van der Waals surface area contributed by atoms with Crippen molar-refractivity contribution < 1.29 is 0 Å². The summed E-state index contributed by atoms with van der Waals surface area (Å²) in [6, 6.07) is 11.2. The van der Waals surface area contributed by atoms with Gasteiger partial charge in [0.1, 0.15) is 0 Å². The van der Waals surface area contributed by atoms with Crippen LogP contribution in [0.5, 0.6) is 0 Å². The highest BCUT2D eigenvalue weighted by Gasteiger charge is 2.18. The Morgan fingerprint density at radius 2 is 2.00 bits per heavy atom. The molecule has 0 bridgehead atoms. The predicted molar refractivity (Wildman–Crippen MR) is 78.7 cm³/mol. The van der Waals surface area contributed by atoms with E-state index in [1.807, 2.05) is 13.8 Å². The summed E-state index contributed by atoms with van der Waals surface area (Å²) >= 11 is 0. The standard InChI is InChI=1S/C17H24N2/c1-17(2,14-18)10-6-12-19-11-5-9-15-7-3-4-8-16(15)13-19/h3-4,7-8H,5-6,9-13H2,1-2H3. The van der Waals surface area contributed by atoms with E-state index in [-0.39, 0.29) is 5.41 Å². The predicted octanol–water partition coefficient (Wildman–Crippen LogP) is 3.76. The number of nitriles is 1. The van der Waals surface area contributed by atoms with Crippen molar-refractivity contribution in [3.8, 4) is 6.07 Å². The summed E-state index contributed by atoms with van der Waals surface area (Å²) in [5.41, 5.74) is 2.82. The number of aryl methyl sites for hydroxylation is 1. The van der Waals surface area contributed by atoms with Crippen LogP contribution < -0.4 is 0 Å². The maximum absolute atomic E-state index is 9.04. The fourth-order valence-corrected chi connectivity index (χ4v) is 2.76. The highest BCUT2D eigenvalue weighted by molar-refractivity contribution is 5.27. The molecule has 0 saturated heterocycles. The van der Waals surface area contributed by atoms with Crippen LogP contribution in [0.1, 0.15) is 44.2 Å². The molecule has 0 spiro atoms. The fourth-order valence-electron chi connectivity index (χ4n) is 2.76. The van der Waals surface area contributed by atoms with Crippen LogP contribution in [0.2, 0.25) is 0 Å². The molecule has 2 heteroatoms. The van der Waals surface area contributed by atoms with Gasteiger partial charge in [-0.1, -0.05) is 24.3 Å². The van der Waals surface area contributed by atoms with Crippen LogP contribution in [0, 0.1) is 16.7 Å². The van der Waals surface area contributed by atoms with Gasteiger partial charge in [0.05, 0.1) is 11.5 Å². The first-order chi connectivity index (χ1) is 9.11. The van der Waals surface area contributed by atoms with Crippen molar-refractivity contribution in [1.29, 1.82) is 5.26 Å². The molecule has 1 aromatic rings. The Morgan fingerprint density at radius 1 is 1.26 bits per heavy atom. The molecule has 2 nitrogen and oxygen atoms in total. The van der Waals surface area contributed by atoms with E-state index >= 15 is 0 Å². The second-order valence-corrected chi connectivity index (χ2v) is 6.25. The van der Waals surface area contributed by atoms with Crippen molar-refractivity contribution in [3.63, 3.8) is 0 Å². The third-order valence-corrected chi connectivity index (χ3v) is 4.01. The lowest BCUT2D eigenvalue weighted by Crippen LogP contribution is -2.25. The molecule has 0 N–H and O–H groups in total. The maximum atomic E-state index is 9.04. The molecule has 1 aliphatic heterocycles. The lowest BCUT2D eigenvalue weighted by atomic mass is 9.90. The number of hydrogen-bond acceptors (Lipinski definition) is 2. The molecule has 2 rings (SSSR count). The highest BCUT2D eigenvalue weighted by atomic mass is 15.1. The molecule has 0 fully saturated rings. The monoisotopic (exact) mass is 256 g/mol. The van der Waals surface area contributed by atoms with Crippen molar-refractivity contribution in [3.05, 3.63) is 35.4 Å². The molecule has 0 aliphatic carbocycles. The first kappa shape index (κ1) is 14.1. The van der Waals surface area contributed by atoms with Crippen LogP contribution in [0.3, 0.4) is 0 Å². The van der Waals surface area contributed by atoms with Gasteiger partial charge in [0.25, 0.3) is 0 Å². The second kappa shape index (κ2) is 6.21. The van der Waals surface area contributed by atoms with Gasteiger partial charge >= 0.3 is 0 Å². The van der Waals surface area contributed by atoms with Gasteiger partial charge in [0.2, 0.25) is 0 Å². The minimum absolute atomic E-state index is 0.177. The van der Waals surface area contributed by atoms with E-state index in [0.717, 1.165) is 25.9 Å². The first-order valence-electron chi connectivity index (χ1n) is 7.31. The summed E-state index contributed by atoms with van der Waals surface area (Å²) < 4.78 is 0. The average molecular weight is 256 g/mol. The van der Waals surface area contributed by atoms with Crippen LogP contribution >= 0.6 is 0 Å². The maximum Gasteiger partial charge on any atom is 0.0683 e. The summed E-state index contributed by atoms with van der Waals surface area (Å²) in [4.78, 5) is 2.54. The van der Waals surface area contributed by atoms with Crippen molar-refractivity contribution in [1.82, 2.24) is 4.90 Å². The summed E-state index contributed by atoms with van der Waals surface area (Å²) in [5, 5.41) is 9.04. The van der Waals surface area contributed by atoms with Crippen molar-refractivity contribution in [2.45, 2.75) is 46.1 Å². The number of benzene rings is 1. The topological polar surface area (TPSA) is 27.0 Å². The quantitative estimate of drug-likeness (QED) is 0.820. The average Bonchev–Trinajstić information content (AvgIpc) is 2.60. The molecule has 1 aromatic carbocycles. The van der Waals surface area contributed by atoms with Gasteiger partial charge in [-0.05, 0) is 63.7 Å².